The standard InChI is InChI=1S/C22H20P/c1-2-3-19-23(20-13-7-4-8-14-20,21-15-9-5-10-16-21)22-17-11-6-12-18-22/h2-19H,1H2/q+1. The van der Waals surface area contributed by atoms with E-state index in [1.165, 1.54) is 15.9 Å². The molecule has 0 aliphatic heterocycles. The van der Waals surface area contributed by atoms with Gasteiger partial charge in [-0.15, -0.1) is 0 Å². The van der Waals surface area contributed by atoms with Crippen molar-refractivity contribution in [3.8, 4) is 0 Å². The van der Waals surface area contributed by atoms with Gasteiger partial charge < -0.3 is 0 Å². The summed E-state index contributed by atoms with van der Waals surface area (Å²) in [7, 11) is -1.82. The fourth-order valence-corrected chi connectivity index (χ4v) is 6.60. The molecule has 0 atom stereocenters. The van der Waals surface area contributed by atoms with Crippen molar-refractivity contribution < 1.29 is 0 Å². The molecule has 0 unspecified atom stereocenters. The Bertz CT molecular complexity index is 677. The molecule has 3 aromatic rings. The van der Waals surface area contributed by atoms with E-state index in [-0.39, 0.29) is 0 Å². The summed E-state index contributed by atoms with van der Waals surface area (Å²) in [5, 5.41) is 4.07. The maximum atomic E-state index is 3.88. The van der Waals surface area contributed by atoms with E-state index >= 15 is 0 Å². The maximum absolute atomic E-state index is 3.88. The fraction of sp³-hybridized carbons (Fsp3) is 0. The molecule has 0 aromatic heterocycles. The van der Waals surface area contributed by atoms with Gasteiger partial charge in [-0.25, -0.2) is 0 Å². The molecule has 0 radical (unpaired) electrons. The van der Waals surface area contributed by atoms with Crippen molar-refractivity contribution in [3.63, 3.8) is 0 Å². The van der Waals surface area contributed by atoms with Gasteiger partial charge >= 0.3 is 0 Å². The van der Waals surface area contributed by atoms with Gasteiger partial charge in [0.05, 0.1) is 5.82 Å². The monoisotopic (exact) mass is 315 g/mol. The molecule has 3 aromatic carbocycles. The molecule has 23 heavy (non-hydrogen) atoms. The van der Waals surface area contributed by atoms with Gasteiger partial charge in [-0.1, -0.05) is 67.3 Å². The first-order chi connectivity index (χ1) is 11.4. The lowest BCUT2D eigenvalue weighted by molar-refractivity contribution is 1.72. The van der Waals surface area contributed by atoms with Crippen LogP contribution < -0.4 is 15.9 Å². The third kappa shape index (κ3) is 3.04. The van der Waals surface area contributed by atoms with E-state index in [0.717, 1.165) is 0 Å². The number of rotatable bonds is 5. The van der Waals surface area contributed by atoms with E-state index in [4.69, 9.17) is 0 Å². The molecule has 0 spiro atoms. The van der Waals surface area contributed by atoms with Crippen molar-refractivity contribution >= 4 is 23.2 Å². The van der Waals surface area contributed by atoms with Gasteiger partial charge in [0.15, 0.2) is 0 Å². The zero-order valence-electron chi connectivity index (χ0n) is 13.0. The summed E-state index contributed by atoms with van der Waals surface area (Å²) in [6.45, 7) is 3.88. The molecule has 0 saturated carbocycles. The Kier molecular flexibility index (Phi) is 4.86. The normalized spacial score (nSPS) is 11.5. The van der Waals surface area contributed by atoms with Crippen molar-refractivity contribution in [3.05, 3.63) is 116 Å². The molecule has 0 N–H and O–H groups in total. The minimum Gasteiger partial charge on any atom is -0.0989 e. The van der Waals surface area contributed by atoms with Gasteiger partial charge in [0, 0.05) is 0 Å². The van der Waals surface area contributed by atoms with Gasteiger partial charge in [-0.3, -0.25) is 0 Å². The van der Waals surface area contributed by atoms with Crippen LogP contribution in [0.4, 0.5) is 0 Å². The van der Waals surface area contributed by atoms with E-state index in [1.54, 1.807) is 0 Å². The van der Waals surface area contributed by atoms with Gasteiger partial charge in [-0.2, -0.15) is 0 Å². The largest absolute Gasteiger partial charge is 0.136 e. The molecule has 3 rings (SSSR count). The van der Waals surface area contributed by atoms with Crippen LogP contribution in [-0.4, -0.2) is 0 Å². The van der Waals surface area contributed by atoms with Crippen LogP contribution in [0.5, 0.6) is 0 Å². The highest BCUT2D eigenvalue weighted by Gasteiger charge is 2.42. The summed E-state index contributed by atoms with van der Waals surface area (Å²) in [6, 6.07) is 32.4. The molecule has 112 valence electrons. The zero-order chi connectivity index (χ0) is 16.0. The van der Waals surface area contributed by atoms with Gasteiger partial charge in [0.1, 0.15) is 23.2 Å². The van der Waals surface area contributed by atoms with Gasteiger partial charge in [0.2, 0.25) is 0 Å². The summed E-state index contributed by atoms with van der Waals surface area (Å²) in [6.07, 6.45) is 3.95. The Morgan fingerprint density at radius 2 is 0.913 bits per heavy atom. The summed E-state index contributed by atoms with van der Waals surface area (Å²) in [5.41, 5.74) is 0. The maximum Gasteiger partial charge on any atom is 0.136 e. The lowest BCUT2D eigenvalue weighted by Gasteiger charge is -2.23. The topological polar surface area (TPSA) is 0 Å². The van der Waals surface area contributed by atoms with Crippen molar-refractivity contribution in [2.24, 2.45) is 0 Å². The first-order valence-corrected chi connectivity index (χ1v) is 9.59. The van der Waals surface area contributed by atoms with Gasteiger partial charge in [0.25, 0.3) is 0 Å². The first-order valence-electron chi connectivity index (χ1n) is 7.74. The van der Waals surface area contributed by atoms with E-state index in [9.17, 15) is 0 Å². The number of allylic oxidation sites excluding steroid dienone is 2. The van der Waals surface area contributed by atoms with Crippen LogP contribution in [0.1, 0.15) is 0 Å². The lowest BCUT2D eigenvalue weighted by atomic mass is 10.4. The molecular formula is C22H20P+. The molecular weight excluding hydrogens is 295 g/mol. The SMILES string of the molecule is C=CC=C[P+](c1ccccc1)(c1ccccc1)c1ccccc1. The average molecular weight is 315 g/mol. The van der Waals surface area contributed by atoms with Crippen LogP contribution in [-0.2, 0) is 0 Å². The minimum atomic E-state index is -1.82. The van der Waals surface area contributed by atoms with Crippen LogP contribution in [0, 0.1) is 0 Å². The van der Waals surface area contributed by atoms with E-state index in [0.29, 0.717) is 0 Å². The van der Waals surface area contributed by atoms with Crippen LogP contribution in [0.2, 0.25) is 0 Å². The molecule has 0 heterocycles. The number of hydrogen-bond acceptors (Lipinski definition) is 0. The van der Waals surface area contributed by atoms with Crippen LogP contribution in [0.25, 0.3) is 0 Å². The van der Waals surface area contributed by atoms with Crippen LogP contribution >= 0.6 is 7.26 Å². The summed E-state index contributed by atoms with van der Waals surface area (Å²) < 4.78 is 0. The van der Waals surface area contributed by atoms with Crippen LogP contribution in [0.15, 0.2) is 116 Å². The second kappa shape index (κ2) is 7.22. The molecule has 1 heteroatoms. The zero-order valence-corrected chi connectivity index (χ0v) is 13.9. The predicted octanol–water partition coefficient (Wildman–Crippen LogP) is 4.68. The Hall–Kier alpha value is -2.43. The third-order valence-electron chi connectivity index (χ3n) is 3.94. The molecule has 0 nitrogen and oxygen atoms in total. The minimum absolute atomic E-state index is 1.36. The lowest BCUT2D eigenvalue weighted by Crippen LogP contribution is -2.29. The van der Waals surface area contributed by atoms with Crippen molar-refractivity contribution in [2.75, 3.05) is 0 Å². The molecule has 0 saturated heterocycles. The van der Waals surface area contributed by atoms with Gasteiger partial charge in [-0.05, 0) is 42.5 Å². The highest BCUT2D eigenvalue weighted by molar-refractivity contribution is 7.98. The molecule has 0 amide bonds. The Balaban J connectivity index is 2.35. The second-order valence-electron chi connectivity index (χ2n) is 5.31. The average Bonchev–Trinajstić information content (AvgIpc) is 2.65. The predicted molar refractivity (Wildman–Crippen MR) is 104 cm³/mol. The quantitative estimate of drug-likeness (QED) is 0.474. The van der Waals surface area contributed by atoms with E-state index in [1.807, 2.05) is 6.08 Å². The van der Waals surface area contributed by atoms with E-state index in [2.05, 4.69) is 109 Å². The Morgan fingerprint density at radius 1 is 0.565 bits per heavy atom. The number of benzene rings is 3. The number of hydrogen-bond donors (Lipinski definition) is 0. The molecule has 0 aliphatic rings. The van der Waals surface area contributed by atoms with Crippen molar-refractivity contribution in [1.29, 1.82) is 0 Å². The molecule has 0 bridgehead atoms. The van der Waals surface area contributed by atoms with Crippen LogP contribution in [0.3, 0.4) is 0 Å². The summed E-state index contributed by atoms with van der Waals surface area (Å²) >= 11 is 0. The summed E-state index contributed by atoms with van der Waals surface area (Å²) in [4.78, 5) is 0. The van der Waals surface area contributed by atoms with Crippen molar-refractivity contribution in [1.82, 2.24) is 0 Å². The fourth-order valence-electron chi connectivity index (χ4n) is 2.88. The summed E-state index contributed by atoms with van der Waals surface area (Å²) in [5.74, 6) is 2.35. The Labute approximate surface area is 139 Å². The highest BCUT2D eigenvalue weighted by atomic mass is 31.2. The van der Waals surface area contributed by atoms with E-state index < -0.39 is 7.26 Å². The molecule has 0 aliphatic carbocycles. The Morgan fingerprint density at radius 3 is 1.22 bits per heavy atom. The third-order valence-corrected chi connectivity index (χ3v) is 7.89. The smallest absolute Gasteiger partial charge is 0.0989 e. The highest BCUT2D eigenvalue weighted by Crippen LogP contribution is 2.56. The van der Waals surface area contributed by atoms with Crippen molar-refractivity contribution in [2.45, 2.75) is 0 Å². The molecule has 0 fully saturated rings. The second-order valence-corrected chi connectivity index (χ2v) is 8.60. The first kappa shape index (κ1) is 15.5.